The minimum Gasteiger partial charge on any atom is -0.480 e. The van der Waals surface area contributed by atoms with Gasteiger partial charge in [-0.2, -0.15) is 0 Å². The Morgan fingerprint density at radius 1 is 1.14 bits per heavy atom. The number of hydrogen-bond donors (Lipinski definition) is 1. The molecule has 1 amide bonds. The van der Waals surface area contributed by atoms with Gasteiger partial charge in [0.2, 0.25) is 5.91 Å². The Labute approximate surface area is 126 Å². The number of hydrogen-bond acceptors (Lipinski definition) is 2. The zero-order valence-corrected chi connectivity index (χ0v) is 11.7. The van der Waals surface area contributed by atoms with Crippen molar-refractivity contribution in [1.82, 2.24) is 0 Å². The third-order valence-corrected chi connectivity index (χ3v) is 3.83. The molecule has 0 saturated heterocycles. The Morgan fingerprint density at radius 3 is 2.55 bits per heavy atom. The van der Waals surface area contributed by atoms with Crippen molar-refractivity contribution < 1.29 is 19.1 Å². The van der Waals surface area contributed by atoms with Gasteiger partial charge in [0.05, 0.1) is 6.42 Å². The van der Waals surface area contributed by atoms with Gasteiger partial charge < -0.3 is 5.11 Å². The lowest BCUT2D eigenvalue weighted by molar-refractivity contribution is -0.139. The number of carbonyl (C=O) groups excluding carboxylic acids is 1. The maximum Gasteiger partial charge on any atom is 0.327 e. The van der Waals surface area contributed by atoms with E-state index in [9.17, 15) is 19.1 Å². The van der Waals surface area contributed by atoms with Crippen LogP contribution in [0, 0.1) is 5.82 Å². The number of fused-ring (bicyclic) bond motifs is 1. The van der Waals surface area contributed by atoms with Crippen LogP contribution in [0.3, 0.4) is 0 Å². The van der Waals surface area contributed by atoms with Crippen LogP contribution in [0.25, 0.3) is 0 Å². The highest BCUT2D eigenvalue weighted by Gasteiger charge is 2.38. The van der Waals surface area contributed by atoms with E-state index in [4.69, 9.17) is 0 Å². The molecule has 3 rings (SSSR count). The predicted octanol–water partition coefficient (Wildman–Crippen LogP) is 2.41. The molecule has 4 nitrogen and oxygen atoms in total. The van der Waals surface area contributed by atoms with Crippen molar-refractivity contribution in [2.75, 3.05) is 4.90 Å². The Balaban J connectivity index is 1.92. The summed E-state index contributed by atoms with van der Waals surface area (Å²) in [5.74, 6) is -1.93. The van der Waals surface area contributed by atoms with Crippen LogP contribution in [0.15, 0.2) is 48.5 Å². The molecule has 0 bridgehead atoms. The topological polar surface area (TPSA) is 57.6 Å². The highest BCUT2D eigenvalue weighted by molar-refractivity contribution is 6.02. The van der Waals surface area contributed by atoms with Gasteiger partial charge in [0.15, 0.2) is 0 Å². The van der Waals surface area contributed by atoms with E-state index in [1.54, 1.807) is 24.3 Å². The van der Waals surface area contributed by atoms with Crippen LogP contribution < -0.4 is 4.90 Å². The summed E-state index contributed by atoms with van der Waals surface area (Å²) < 4.78 is 13.7. The van der Waals surface area contributed by atoms with E-state index in [0.29, 0.717) is 5.69 Å². The standard InChI is InChI=1S/C17H14FNO3/c18-13-7-3-1-5-11(13)10-16(20)19-14-8-4-2-6-12(14)9-15(19)17(21)22/h1-8,15H,9-10H2,(H,21,22). The third kappa shape index (κ3) is 2.45. The summed E-state index contributed by atoms with van der Waals surface area (Å²) in [6.07, 6.45) is 0.110. The second-order valence-electron chi connectivity index (χ2n) is 5.22. The predicted molar refractivity (Wildman–Crippen MR) is 79.2 cm³/mol. The summed E-state index contributed by atoms with van der Waals surface area (Å²) in [5.41, 5.74) is 1.68. The first-order valence-electron chi connectivity index (χ1n) is 6.94. The molecule has 1 heterocycles. The fraction of sp³-hybridized carbons (Fsp3) is 0.176. The number of benzene rings is 2. The van der Waals surface area contributed by atoms with Crippen molar-refractivity contribution in [2.45, 2.75) is 18.9 Å². The minimum atomic E-state index is -1.06. The molecule has 0 aromatic heterocycles. The van der Waals surface area contributed by atoms with Gasteiger partial charge in [0, 0.05) is 12.1 Å². The monoisotopic (exact) mass is 299 g/mol. The molecule has 1 aliphatic heterocycles. The second kappa shape index (κ2) is 5.60. The molecule has 0 fully saturated rings. The third-order valence-electron chi connectivity index (χ3n) is 3.83. The summed E-state index contributed by atoms with van der Waals surface area (Å²) in [6.45, 7) is 0. The fourth-order valence-corrected chi connectivity index (χ4v) is 2.78. The maximum atomic E-state index is 13.7. The van der Waals surface area contributed by atoms with E-state index in [0.717, 1.165) is 5.56 Å². The lowest BCUT2D eigenvalue weighted by Gasteiger charge is -2.22. The summed E-state index contributed by atoms with van der Waals surface area (Å²) in [5, 5.41) is 9.36. The number of amides is 1. The number of carboxylic acid groups (broad SMARTS) is 1. The molecular formula is C17H14FNO3. The Bertz CT molecular complexity index is 744. The highest BCUT2D eigenvalue weighted by atomic mass is 19.1. The van der Waals surface area contributed by atoms with E-state index < -0.39 is 23.7 Å². The quantitative estimate of drug-likeness (QED) is 0.947. The first-order chi connectivity index (χ1) is 10.6. The van der Waals surface area contributed by atoms with Crippen molar-refractivity contribution in [3.63, 3.8) is 0 Å². The van der Waals surface area contributed by atoms with Gasteiger partial charge >= 0.3 is 5.97 Å². The van der Waals surface area contributed by atoms with E-state index >= 15 is 0 Å². The average Bonchev–Trinajstić information content (AvgIpc) is 2.89. The second-order valence-corrected chi connectivity index (χ2v) is 5.22. The number of rotatable bonds is 3. The van der Waals surface area contributed by atoms with Crippen molar-refractivity contribution in [2.24, 2.45) is 0 Å². The lowest BCUT2D eigenvalue weighted by Crippen LogP contribution is -2.43. The minimum absolute atomic E-state index is 0.162. The number of aliphatic carboxylic acids is 1. The molecule has 22 heavy (non-hydrogen) atoms. The molecule has 2 aromatic rings. The van der Waals surface area contributed by atoms with Crippen LogP contribution in [-0.2, 0) is 22.4 Å². The molecule has 5 heteroatoms. The molecule has 0 radical (unpaired) electrons. The molecular weight excluding hydrogens is 285 g/mol. The van der Waals surface area contributed by atoms with Gasteiger partial charge in [-0.05, 0) is 23.3 Å². The number of anilines is 1. The summed E-state index contributed by atoms with van der Waals surface area (Å²) in [7, 11) is 0. The Morgan fingerprint density at radius 2 is 1.82 bits per heavy atom. The number of halogens is 1. The molecule has 1 atom stereocenters. The zero-order valence-electron chi connectivity index (χ0n) is 11.7. The zero-order chi connectivity index (χ0) is 15.7. The number of carbonyl (C=O) groups is 2. The van der Waals surface area contributed by atoms with Gasteiger partial charge in [-0.1, -0.05) is 36.4 Å². The highest BCUT2D eigenvalue weighted by Crippen LogP contribution is 2.32. The number of nitrogens with zero attached hydrogens (tertiary/aromatic N) is 1. The normalized spacial score (nSPS) is 16.4. The van der Waals surface area contributed by atoms with E-state index in [1.165, 1.54) is 17.0 Å². The molecule has 0 aliphatic carbocycles. The van der Waals surface area contributed by atoms with E-state index in [1.807, 2.05) is 12.1 Å². The lowest BCUT2D eigenvalue weighted by atomic mass is 10.1. The first-order valence-corrected chi connectivity index (χ1v) is 6.94. The van der Waals surface area contributed by atoms with Gasteiger partial charge in [-0.25, -0.2) is 9.18 Å². The van der Waals surface area contributed by atoms with Crippen molar-refractivity contribution in [3.8, 4) is 0 Å². The van der Waals surface area contributed by atoms with Crippen molar-refractivity contribution in [3.05, 3.63) is 65.5 Å². The smallest absolute Gasteiger partial charge is 0.327 e. The summed E-state index contributed by atoms with van der Waals surface area (Å²) in [6, 6.07) is 12.2. The molecule has 1 N–H and O–H groups in total. The van der Waals surface area contributed by atoms with Gasteiger partial charge in [0.25, 0.3) is 0 Å². The van der Waals surface area contributed by atoms with Crippen LogP contribution in [0.1, 0.15) is 11.1 Å². The van der Waals surface area contributed by atoms with Gasteiger partial charge in [-0.3, -0.25) is 9.69 Å². The van der Waals surface area contributed by atoms with Gasteiger partial charge in [0.1, 0.15) is 11.9 Å². The molecule has 112 valence electrons. The molecule has 1 aliphatic rings. The molecule has 2 aromatic carbocycles. The molecule has 1 unspecified atom stereocenters. The van der Waals surface area contributed by atoms with E-state index in [2.05, 4.69) is 0 Å². The van der Waals surface area contributed by atoms with E-state index in [-0.39, 0.29) is 18.4 Å². The largest absolute Gasteiger partial charge is 0.480 e. The van der Waals surface area contributed by atoms with Crippen LogP contribution in [-0.4, -0.2) is 23.0 Å². The maximum absolute atomic E-state index is 13.7. The fourth-order valence-electron chi connectivity index (χ4n) is 2.78. The van der Waals surface area contributed by atoms with Crippen LogP contribution in [0.5, 0.6) is 0 Å². The summed E-state index contributed by atoms with van der Waals surface area (Å²) in [4.78, 5) is 25.2. The van der Waals surface area contributed by atoms with Crippen LogP contribution in [0.2, 0.25) is 0 Å². The molecule has 0 saturated carbocycles. The van der Waals surface area contributed by atoms with Crippen LogP contribution in [0.4, 0.5) is 10.1 Å². The summed E-state index contributed by atoms with van der Waals surface area (Å²) >= 11 is 0. The Kier molecular flexibility index (Phi) is 3.63. The number of para-hydroxylation sites is 1. The van der Waals surface area contributed by atoms with Crippen molar-refractivity contribution >= 4 is 17.6 Å². The van der Waals surface area contributed by atoms with Crippen molar-refractivity contribution in [1.29, 1.82) is 0 Å². The Hall–Kier alpha value is -2.69. The van der Waals surface area contributed by atoms with Gasteiger partial charge in [-0.15, -0.1) is 0 Å². The van der Waals surface area contributed by atoms with Crippen LogP contribution >= 0.6 is 0 Å². The first kappa shape index (κ1) is 14.3. The SMILES string of the molecule is O=C(O)C1Cc2ccccc2N1C(=O)Cc1ccccc1F. The molecule has 0 spiro atoms. The number of carboxylic acids is 1. The average molecular weight is 299 g/mol.